The van der Waals surface area contributed by atoms with Gasteiger partial charge in [-0.2, -0.15) is 0 Å². The van der Waals surface area contributed by atoms with Gasteiger partial charge in [-0.15, -0.1) is 0 Å². The van der Waals surface area contributed by atoms with Crippen LogP contribution in [0.2, 0.25) is 0 Å². The Morgan fingerprint density at radius 1 is 0.353 bits per heavy atom. The van der Waals surface area contributed by atoms with Gasteiger partial charge in [0.1, 0.15) is 11.5 Å². The number of rotatable bonds is 19. The summed E-state index contributed by atoms with van der Waals surface area (Å²) >= 11 is 0. The van der Waals surface area contributed by atoms with Gasteiger partial charge in [-0.1, -0.05) is 355 Å². The molecule has 0 amide bonds. The van der Waals surface area contributed by atoms with Crippen LogP contribution in [0.1, 0.15) is 398 Å². The van der Waals surface area contributed by atoms with Crippen LogP contribution in [0.3, 0.4) is 0 Å². The molecular formula is C98H166O4. The minimum atomic E-state index is 0.143. The molecule has 0 heterocycles. The molecule has 582 valence electrons. The largest absolute Gasteiger partial charge is 0.497 e. The molecule has 4 heteroatoms. The topological polar surface area (TPSA) is 55.8 Å². The minimum Gasteiger partial charge on any atom is -0.497 e. The summed E-state index contributed by atoms with van der Waals surface area (Å²) in [6, 6.07) is 55.5. The van der Waals surface area contributed by atoms with Gasteiger partial charge in [0.15, 0.2) is 5.78 Å². The summed E-state index contributed by atoms with van der Waals surface area (Å²) in [5.41, 5.74) is 18.8. The van der Waals surface area contributed by atoms with Crippen molar-refractivity contribution in [3.05, 3.63) is 236 Å². The van der Waals surface area contributed by atoms with Crippen molar-refractivity contribution >= 4 is 5.78 Å². The van der Waals surface area contributed by atoms with Gasteiger partial charge < -0.3 is 14.6 Å². The molecule has 0 aromatic heterocycles. The second-order valence-corrected chi connectivity index (χ2v) is 25.6. The first-order valence-corrected chi connectivity index (χ1v) is 40.6. The van der Waals surface area contributed by atoms with Gasteiger partial charge in [-0.05, 0) is 222 Å². The smallest absolute Gasteiger partial charge is 0.159 e. The van der Waals surface area contributed by atoms with Crippen molar-refractivity contribution in [2.75, 3.05) is 14.2 Å². The van der Waals surface area contributed by atoms with Crippen LogP contribution >= 0.6 is 0 Å². The lowest BCUT2D eigenvalue weighted by molar-refractivity contribution is 0.101. The van der Waals surface area contributed by atoms with E-state index in [0.717, 1.165) is 41.9 Å². The molecular weight excluding hydrogens is 1240 g/mol. The molecule has 7 unspecified atom stereocenters. The second kappa shape index (κ2) is 70.4. The summed E-state index contributed by atoms with van der Waals surface area (Å²) < 4.78 is 10.3. The highest BCUT2D eigenvalue weighted by molar-refractivity contribution is 5.94. The summed E-state index contributed by atoms with van der Waals surface area (Å²) in [5.74, 6) is 6.56. The Balaban J connectivity index is -0.000000200. The maximum absolute atomic E-state index is 11.1. The van der Waals surface area contributed by atoms with Crippen LogP contribution in [-0.2, 0) is 18.4 Å². The van der Waals surface area contributed by atoms with E-state index >= 15 is 0 Å². The normalized spacial score (nSPS) is 11.6. The average Bonchev–Trinajstić information content (AvgIpc) is 0.875. The lowest BCUT2D eigenvalue weighted by Crippen LogP contribution is -2.11. The molecule has 0 spiro atoms. The highest BCUT2D eigenvalue weighted by atomic mass is 16.5. The van der Waals surface area contributed by atoms with Crippen molar-refractivity contribution in [1.82, 2.24) is 0 Å². The number of aliphatic hydroxyl groups excluding tert-OH is 1. The van der Waals surface area contributed by atoms with Crippen LogP contribution in [0.25, 0.3) is 0 Å². The van der Waals surface area contributed by atoms with Gasteiger partial charge in [0.2, 0.25) is 0 Å². The van der Waals surface area contributed by atoms with Crippen molar-refractivity contribution in [2.24, 2.45) is 0 Å². The van der Waals surface area contributed by atoms with Crippen LogP contribution in [0.15, 0.2) is 158 Å². The molecule has 4 nitrogen and oxygen atoms in total. The van der Waals surface area contributed by atoms with E-state index in [1.54, 1.807) is 21.1 Å². The molecule has 0 aliphatic heterocycles. The number of carbonyl (C=O) groups excluding carboxylic acids is 1. The Hall–Kier alpha value is -6.23. The number of hydrogen-bond acceptors (Lipinski definition) is 4. The lowest BCUT2D eigenvalue weighted by Gasteiger charge is -2.21. The second-order valence-electron chi connectivity index (χ2n) is 25.6. The summed E-state index contributed by atoms with van der Waals surface area (Å²) in [5, 5.41) is 8.92. The number of aliphatic hydroxyl groups is 1. The number of Topliss-reactive ketones (excluding diaryl/α,β-unsaturated/α-hetero) is 1. The summed E-state index contributed by atoms with van der Waals surface area (Å²) in [7, 11) is 3.41. The maximum Gasteiger partial charge on any atom is 0.159 e. The van der Waals surface area contributed by atoms with Crippen molar-refractivity contribution in [3.8, 4) is 11.5 Å². The standard InChI is InChI=1S/C14H22.C12H18O.C12H16O.2C12H18.2C11H16O.7C2H6/c1-6-11(2)12-8-7-9-13(10-12)14(3,4)5;1-5-9(2)11-6-7-12(13-4)10(3)8-11;1-4-9(2)11-6-5-7-12(8-11)10(3)13;1-5-9(2)12-7-6-10(3)11(4)8-12;1-4-10(3)12-8-6-7-11(5-2)9-12;1-4-9(2)10-5-7-11(12-3)8-6-10;1-3-9(2)11-6-4-5-10(7-11)8-12;7*1-2/h7-11H,6H2,1-5H3;6-9H,5H2,1-4H3;5-9H,4H2,1-3H3;6-9H,5H2,1-4H3;6-10H,4-5H2,1-3H3;5-9H,4H2,1-3H3;4-7,9,12H,3,8H2,1-2H3;7*1-2H3. The first-order valence-electron chi connectivity index (χ1n) is 40.6. The average molecular weight is 1410 g/mol. The van der Waals surface area contributed by atoms with E-state index in [4.69, 9.17) is 14.6 Å². The van der Waals surface area contributed by atoms with E-state index in [2.05, 4.69) is 261 Å². The highest BCUT2D eigenvalue weighted by Crippen LogP contribution is 2.29. The third-order valence-electron chi connectivity index (χ3n) is 17.9. The monoisotopic (exact) mass is 1410 g/mol. The molecule has 0 aliphatic rings. The SMILES string of the molecule is CC.CC.CC.CC.CC.CC.CC.CCC(C)c1ccc(C)c(C)c1.CCC(C)c1ccc(OC)c(C)c1.CCC(C)c1ccc(OC)cc1.CCC(C)c1cccc(C(C)(C)C)c1.CCC(C)c1cccc(C(C)=O)c1.CCC(C)c1cccc(CO)c1.CCc1cccc(C(C)CC)c1. The molecule has 7 aromatic rings. The molecule has 7 aromatic carbocycles. The minimum absolute atomic E-state index is 0.143. The van der Waals surface area contributed by atoms with Crippen molar-refractivity contribution in [1.29, 1.82) is 0 Å². The van der Waals surface area contributed by atoms with Gasteiger partial charge in [0, 0.05) is 5.56 Å². The van der Waals surface area contributed by atoms with Crippen LogP contribution < -0.4 is 9.47 Å². The van der Waals surface area contributed by atoms with Gasteiger partial charge in [-0.3, -0.25) is 4.79 Å². The van der Waals surface area contributed by atoms with Gasteiger partial charge >= 0.3 is 0 Å². The van der Waals surface area contributed by atoms with Gasteiger partial charge in [0.05, 0.1) is 20.8 Å². The highest BCUT2D eigenvalue weighted by Gasteiger charge is 2.15. The fourth-order valence-corrected chi connectivity index (χ4v) is 9.36. The maximum atomic E-state index is 11.1. The van der Waals surface area contributed by atoms with E-state index < -0.39 is 0 Å². The predicted octanol–water partition coefficient (Wildman–Crippen LogP) is 32.1. The Kier molecular flexibility index (Phi) is 75.4. The van der Waals surface area contributed by atoms with E-state index in [-0.39, 0.29) is 17.8 Å². The Morgan fingerprint density at radius 2 is 0.667 bits per heavy atom. The number of methoxy groups -OCH3 is 2. The summed E-state index contributed by atoms with van der Waals surface area (Å²) in [6.45, 7) is 76.4. The Labute approximate surface area is 636 Å². The zero-order valence-electron chi connectivity index (χ0n) is 74.1. The Morgan fingerprint density at radius 3 is 1.00 bits per heavy atom. The molecule has 7 rings (SSSR count). The first kappa shape index (κ1) is 109. The molecule has 0 fully saturated rings. The third-order valence-corrected chi connectivity index (χ3v) is 17.9. The fraction of sp³-hybridized carbons (Fsp3) is 0.561. The van der Waals surface area contributed by atoms with Gasteiger partial charge in [-0.25, -0.2) is 0 Å². The zero-order valence-corrected chi connectivity index (χ0v) is 74.1. The van der Waals surface area contributed by atoms with E-state index in [1.165, 1.54) is 98.9 Å². The molecule has 102 heavy (non-hydrogen) atoms. The number of carbonyl (C=O) groups is 1. The summed E-state index contributed by atoms with van der Waals surface area (Å²) in [4.78, 5) is 11.1. The number of aryl methyl sites for hydroxylation is 4. The summed E-state index contributed by atoms with van der Waals surface area (Å²) in [6.07, 6.45) is 9.45. The van der Waals surface area contributed by atoms with E-state index in [0.29, 0.717) is 41.4 Å². The van der Waals surface area contributed by atoms with Crippen molar-refractivity contribution < 1.29 is 19.4 Å². The lowest BCUT2D eigenvalue weighted by atomic mass is 9.84. The Bertz CT molecular complexity index is 2920. The zero-order chi connectivity index (χ0) is 80.5. The predicted molar refractivity (Wildman–Crippen MR) is 467 cm³/mol. The van der Waals surface area contributed by atoms with Crippen LogP contribution in [0.5, 0.6) is 11.5 Å². The quantitative estimate of drug-likeness (QED) is 0.0820. The molecule has 1 N–H and O–H groups in total. The molecule has 7 atom stereocenters. The molecule has 0 saturated heterocycles. The first-order chi connectivity index (χ1) is 48.8. The fourth-order valence-electron chi connectivity index (χ4n) is 9.36. The van der Waals surface area contributed by atoms with Crippen molar-refractivity contribution in [2.45, 2.75) is 354 Å². The number of hydrogen-bond donors (Lipinski definition) is 1. The van der Waals surface area contributed by atoms with E-state index in [9.17, 15) is 4.79 Å². The van der Waals surface area contributed by atoms with Crippen molar-refractivity contribution in [3.63, 3.8) is 0 Å². The van der Waals surface area contributed by atoms with Gasteiger partial charge in [0.25, 0.3) is 0 Å². The third kappa shape index (κ3) is 47.9. The molecule has 0 saturated carbocycles. The molecule has 0 aliphatic carbocycles. The van der Waals surface area contributed by atoms with Crippen LogP contribution in [0.4, 0.5) is 0 Å². The molecule has 0 radical (unpaired) electrons. The van der Waals surface area contributed by atoms with Crippen LogP contribution in [-0.4, -0.2) is 25.1 Å². The van der Waals surface area contributed by atoms with E-state index in [1.807, 2.05) is 139 Å². The number of ketones is 1. The number of ether oxygens (including phenoxy) is 2. The number of benzene rings is 7. The van der Waals surface area contributed by atoms with Crippen LogP contribution in [0, 0.1) is 20.8 Å². The molecule has 0 bridgehead atoms.